The predicted molar refractivity (Wildman–Crippen MR) is 96.3 cm³/mol. The van der Waals surface area contributed by atoms with Gasteiger partial charge in [-0.05, 0) is 6.07 Å². The number of hydrogen-bond acceptors (Lipinski definition) is 8. The van der Waals surface area contributed by atoms with Gasteiger partial charge in [-0.3, -0.25) is 4.90 Å². The molecule has 1 aliphatic rings. The summed E-state index contributed by atoms with van der Waals surface area (Å²) in [5.74, 6) is 1.41. The van der Waals surface area contributed by atoms with E-state index >= 15 is 0 Å². The van der Waals surface area contributed by atoms with Crippen molar-refractivity contribution in [3.05, 3.63) is 35.0 Å². The number of para-hydroxylation sites is 1. The SMILES string of the molecule is COc1cccc([C@@H](c2sc3ncnn3c2O)N2CCOCC2)c1OC. The number of nitrogens with zero attached hydrogens (tertiary/aromatic N) is 4. The van der Waals surface area contributed by atoms with Gasteiger partial charge in [0.1, 0.15) is 6.33 Å². The molecule has 0 unspecified atom stereocenters. The molecule has 0 radical (unpaired) electrons. The third-order valence-corrected chi connectivity index (χ3v) is 5.61. The minimum atomic E-state index is -0.211. The Morgan fingerprint density at radius 2 is 2.04 bits per heavy atom. The summed E-state index contributed by atoms with van der Waals surface area (Å²) in [6.07, 6.45) is 1.44. The van der Waals surface area contributed by atoms with Gasteiger partial charge in [0.25, 0.3) is 0 Å². The maximum atomic E-state index is 10.8. The molecule has 1 aromatic carbocycles. The Morgan fingerprint density at radius 3 is 2.73 bits per heavy atom. The van der Waals surface area contributed by atoms with E-state index in [0.29, 0.717) is 29.7 Å². The van der Waals surface area contributed by atoms with Gasteiger partial charge in [0, 0.05) is 18.7 Å². The predicted octanol–water partition coefficient (Wildman–Crippen LogP) is 1.94. The fourth-order valence-corrected chi connectivity index (χ4v) is 4.42. The highest BCUT2D eigenvalue weighted by atomic mass is 32.1. The van der Waals surface area contributed by atoms with Crippen LogP contribution in [0.1, 0.15) is 16.5 Å². The molecule has 2 aromatic heterocycles. The minimum absolute atomic E-state index is 0.101. The standard InChI is InChI=1S/C17H20N4O4S/c1-23-12-5-3-4-11(14(12)24-2)13(20-6-8-25-9-7-20)15-16(22)21-17(26-15)18-10-19-21/h3-5,10,13,22H,6-9H2,1-2H3/t13-/m0/s1. The first-order chi connectivity index (χ1) is 12.7. The van der Waals surface area contributed by atoms with Crippen LogP contribution in [-0.4, -0.2) is 65.1 Å². The van der Waals surface area contributed by atoms with E-state index in [1.807, 2.05) is 18.2 Å². The van der Waals surface area contributed by atoms with Gasteiger partial charge in [0.15, 0.2) is 11.5 Å². The lowest BCUT2D eigenvalue weighted by Gasteiger charge is -2.34. The number of hydrogen-bond donors (Lipinski definition) is 1. The molecule has 1 fully saturated rings. The van der Waals surface area contributed by atoms with E-state index in [2.05, 4.69) is 15.0 Å². The van der Waals surface area contributed by atoms with E-state index in [0.717, 1.165) is 23.5 Å². The van der Waals surface area contributed by atoms with Crippen LogP contribution in [0, 0.1) is 0 Å². The van der Waals surface area contributed by atoms with E-state index in [-0.39, 0.29) is 11.9 Å². The molecule has 1 atom stereocenters. The molecule has 1 saturated heterocycles. The molecular formula is C17H20N4O4S. The smallest absolute Gasteiger partial charge is 0.230 e. The van der Waals surface area contributed by atoms with Gasteiger partial charge in [-0.15, -0.1) is 0 Å². The molecule has 3 aromatic rings. The van der Waals surface area contributed by atoms with Crippen molar-refractivity contribution in [1.82, 2.24) is 19.5 Å². The average Bonchev–Trinajstić information content (AvgIpc) is 3.26. The number of methoxy groups -OCH3 is 2. The van der Waals surface area contributed by atoms with Crippen LogP contribution < -0.4 is 9.47 Å². The zero-order chi connectivity index (χ0) is 18.1. The van der Waals surface area contributed by atoms with Crippen molar-refractivity contribution in [3.8, 4) is 17.4 Å². The van der Waals surface area contributed by atoms with Gasteiger partial charge in [0.05, 0.1) is 38.4 Å². The second-order valence-electron chi connectivity index (χ2n) is 5.88. The Bertz CT molecular complexity index is 903. The number of ether oxygens (including phenoxy) is 3. The van der Waals surface area contributed by atoms with Crippen molar-refractivity contribution in [1.29, 1.82) is 0 Å². The molecule has 26 heavy (non-hydrogen) atoms. The Hall–Kier alpha value is -2.36. The Kier molecular flexibility index (Phi) is 4.66. The normalized spacial score (nSPS) is 16.7. The highest BCUT2D eigenvalue weighted by Crippen LogP contribution is 2.45. The highest BCUT2D eigenvalue weighted by molar-refractivity contribution is 7.17. The van der Waals surface area contributed by atoms with Gasteiger partial charge in [-0.2, -0.15) is 9.61 Å². The van der Waals surface area contributed by atoms with Crippen LogP contribution in [0.4, 0.5) is 0 Å². The summed E-state index contributed by atoms with van der Waals surface area (Å²) in [6, 6.07) is 5.58. The summed E-state index contributed by atoms with van der Waals surface area (Å²) >= 11 is 1.42. The van der Waals surface area contributed by atoms with Crippen molar-refractivity contribution in [2.75, 3.05) is 40.5 Å². The van der Waals surface area contributed by atoms with Crippen molar-refractivity contribution < 1.29 is 19.3 Å². The van der Waals surface area contributed by atoms with Gasteiger partial charge < -0.3 is 19.3 Å². The number of aromatic nitrogens is 3. The van der Waals surface area contributed by atoms with Crippen LogP contribution in [-0.2, 0) is 4.74 Å². The second kappa shape index (κ2) is 7.10. The molecule has 8 nitrogen and oxygen atoms in total. The molecule has 9 heteroatoms. The number of thiazole rings is 1. The number of benzene rings is 1. The Labute approximate surface area is 154 Å². The van der Waals surface area contributed by atoms with E-state index < -0.39 is 0 Å². The maximum Gasteiger partial charge on any atom is 0.230 e. The van der Waals surface area contributed by atoms with Crippen molar-refractivity contribution >= 4 is 16.3 Å². The molecule has 3 heterocycles. The topological polar surface area (TPSA) is 81.4 Å². The molecule has 0 aliphatic carbocycles. The number of aromatic hydroxyl groups is 1. The molecule has 0 amide bonds. The fourth-order valence-electron chi connectivity index (χ4n) is 3.34. The third-order valence-electron chi connectivity index (χ3n) is 4.53. The largest absolute Gasteiger partial charge is 0.493 e. The molecule has 138 valence electrons. The lowest BCUT2D eigenvalue weighted by molar-refractivity contribution is 0.0236. The second-order valence-corrected chi connectivity index (χ2v) is 6.89. The molecule has 0 saturated carbocycles. The third kappa shape index (κ3) is 2.77. The monoisotopic (exact) mass is 376 g/mol. The average molecular weight is 376 g/mol. The van der Waals surface area contributed by atoms with Gasteiger partial charge >= 0.3 is 0 Å². The lowest BCUT2D eigenvalue weighted by atomic mass is 10.0. The van der Waals surface area contributed by atoms with E-state index in [1.54, 1.807) is 14.2 Å². The zero-order valence-corrected chi connectivity index (χ0v) is 15.4. The van der Waals surface area contributed by atoms with Crippen LogP contribution in [0.5, 0.6) is 17.4 Å². The van der Waals surface area contributed by atoms with Crippen LogP contribution in [0.2, 0.25) is 0 Å². The molecule has 0 bridgehead atoms. The zero-order valence-electron chi connectivity index (χ0n) is 14.6. The quantitative estimate of drug-likeness (QED) is 0.729. The van der Waals surface area contributed by atoms with E-state index in [4.69, 9.17) is 14.2 Å². The van der Waals surface area contributed by atoms with E-state index in [1.165, 1.54) is 22.2 Å². The van der Waals surface area contributed by atoms with Crippen molar-refractivity contribution in [3.63, 3.8) is 0 Å². The Balaban J connectivity index is 1.89. The van der Waals surface area contributed by atoms with Gasteiger partial charge in [-0.1, -0.05) is 23.5 Å². The summed E-state index contributed by atoms with van der Waals surface area (Å²) in [6.45, 7) is 2.78. The number of fused-ring (bicyclic) bond motifs is 1. The number of rotatable bonds is 5. The molecule has 4 rings (SSSR count). The first-order valence-electron chi connectivity index (χ1n) is 8.28. The van der Waals surface area contributed by atoms with Crippen LogP contribution in [0.3, 0.4) is 0 Å². The summed E-state index contributed by atoms with van der Waals surface area (Å²) in [4.78, 5) is 7.90. The fraction of sp³-hybridized carbons (Fsp3) is 0.412. The van der Waals surface area contributed by atoms with E-state index in [9.17, 15) is 5.11 Å². The summed E-state index contributed by atoms with van der Waals surface area (Å²) in [7, 11) is 3.24. The minimum Gasteiger partial charge on any atom is -0.493 e. The highest BCUT2D eigenvalue weighted by Gasteiger charge is 2.33. The molecular weight excluding hydrogens is 356 g/mol. The number of morpholine rings is 1. The lowest BCUT2D eigenvalue weighted by Crippen LogP contribution is -2.39. The summed E-state index contributed by atoms with van der Waals surface area (Å²) < 4.78 is 18.1. The summed E-state index contributed by atoms with van der Waals surface area (Å²) in [5.41, 5.74) is 0.925. The van der Waals surface area contributed by atoms with Gasteiger partial charge in [-0.25, -0.2) is 4.98 Å². The maximum absolute atomic E-state index is 10.8. The first-order valence-corrected chi connectivity index (χ1v) is 9.10. The first kappa shape index (κ1) is 17.1. The van der Waals surface area contributed by atoms with Crippen LogP contribution in [0.25, 0.3) is 4.96 Å². The van der Waals surface area contributed by atoms with Crippen molar-refractivity contribution in [2.24, 2.45) is 0 Å². The van der Waals surface area contributed by atoms with Crippen LogP contribution >= 0.6 is 11.3 Å². The summed E-state index contributed by atoms with van der Waals surface area (Å²) in [5, 5.41) is 14.9. The van der Waals surface area contributed by atoms with Crippen molar-refractivity contribution in [2.45, 2.75) is 6.04 Å². The Morgan fingerprint density at radius 1 is 1.23 bits per heavy atom. The molecule has 1 aliphatic heterocycles. The van der Waals surface area contributed by atoms with Crippen LogP contribution in [0.15, 0.2) is 24.5 Å². The molecule has 0 spiro atoms. The molecule has 1 N–H and O–H groups in total. The van der Waals surface area contributed by atoms with Gasteiger partial charge in [0.2, 0.25) is 10.8 Å².